The van der Waals surface area contributed by atoms with Crippen LogP contribution in [0.2, 0.25) is 0 Å². The number of carbonyl (C=O) groups is 2. The molecule has 0 saturated heterocycles. The van der Waals surface area contributed by atoms with E-state index in [2.05, 4.69) is 10.3 Å². The zero-order chi connectivity index (χ0) is 21.8. The number of hydrogen-bond acceptors (Lipinski definition) is 5. The van der Waals surface area contributed by atoms with Gasteiger partial charge in [-0.3, -0.25) is 14.9 Å². The number of rotatable bonds is 6. The highest BCUT2D eigenvalue weighted by atomic mass is 32.1. The summed E-state index contributed by atoms with van der Waals surface area (Å²) in [6, 6.07) is 23.7. The van der Waals surface area contributed by atoms with Gasteiger partial charge in [-0.25, -0.2) is 4.98 Å². The van der Waals surface area contributed by atoms with Crippen LogP contribution in [0.4, 0.5) is 5.13 Å². The third-order valence-electron chi connectivity index (χ3n) is 4.77. The molecule has 1 N–H and O–H groups in total. The van der Waals surface area contributed by atoms with Crippen LogP contribution < -0.4 is 10.1 Å². The second kappa shape index (κ2) is 8.93. The van der Waals surface area contributed by atoms with Crippen LogP contribution in [0.3, 0.4) is 0 Å². The summed E-state index contributed by atoms with van der Waals surface area (Å²) in [6.45, 7) is 1.98. The quantitative estimate of drug-likeness (QED) is 0.405. The van der Waals surface area contributed by atoms with Crippen molar-refractivity contribution in [3.05, 3.63) is 100 Å². The second-order valence-corrected chi connectivity index (χ2v) is 7.94. The summed E-state index contributed by atoms with van der Waals surface area (Å²) in [5.41, 5.74) is 3.51. The molecule has 0 unspecified atom stereocenters. The number of nitrogens with zero attached hydrogens (tertiary/aromatic N) is 1. The van der Waals surface area contributed by atoms with Crippen molar-refractivity contribution in [2.75, 3.05) is 12.4 Å². The van der Waals surface area contributed by atoms with Crippen molar-refractivity contribution in [1.29, 1.82) is 0 Å². The first kappa shape index (κ1) is 20.5. The van der Waals surface area contributed by atoms with Gasteiger partial charge in [-0.2, -0.15) is 0 Å². The second-order valence-electron chi connectivity index (χ2n) is 6.94. The number of nitrogens with one attached hydrogen (secondary N) is 1. The van der Waals surface area contributed by atoms with Crippen molar-refractivity contribution in [1.82, 2.24) is 4.98 Å². The van der Waals surface area contributed by atoms with Crippen molar-refractivity contribution in [3.8, 4) is 17.0 Å². The summed E-state index contributed by atoms with van der Waals surface area (Å²) in [7, 11) is 1.57. The van der Waals surface area contributed by atoms with Crippen LogP contribution in [0.1, 0.15) is 31.2 Å². The van der Waals surface area contributed by atoms with E-state index >= 15 is 0 Å². The van der Waals surface area contributed by atoms with Gasteiger partial charge in [0.15, 0.2) is 5.13 Å². The topological polar surface area (TPSA) is 68.3 Å². The number of carbonyl (C=O) groups excluding carboxylic acids is 2. The molecule has 1 amide bonds. The summed E-state index contributed by atoms with van der Waals surface area (Å²) in [6.07, 6.45) is 0. The predicted molar refractivity (Wildman–Crippen MR) is 123 cm³/mol. The van der Waals surface area contributed by atoms with Gasteiger partial charge in [0.05, 0.1) is 12.8 Å². The van der Waals surface area contributed by atoms with Gasteiger partial charge in [0.2, 0.25) is 5.78 Å². The normalized spacial score (nSPS) is 10.5. The lowest BCUT2D eigenvalue weighted by Gasteiger charge is -2.03. The van der Waals surface area contributed by atoms with Gasteiger partial charge in [0.1, 0.15) is 10.6 Å². The first-order chi connectivity index (χ1) is 15.0. The van der Waals surface area contributed by atoms with E-state index in [1.807, 2.05) is 61.5 Å². The van der Waals surface area contributed by atoms with Crippen LogP contribution in [0.25, 0.3) is 11.3 Å². The molecule has 0 atom stereocenters. The molecular formula is C25H20N2O3S. The number of ketones is 1. The van der Waals surface area contributed by atoms with Crippen molar-refractivity contribution >= 4 is 28.2 Å². The maximum absolute atomic E-state index is 13.2. The number of methoxy groups -OCH3 is 1. The molecule has 0 aliphatic carbocycles. The fraction of sp³-hybridized carbons (Fsp3) is 0.0800. The van der Waals surface area contributed by atoms with Crippen LogP contribution in [-0.2, 0) is 0 Å². The molecule has 0 bridgehead atoms. The third kappa shape index (κ3) is 4.54. The van der Waals surface area contributed by atoms with Crippen LogP contribution in [0.15, 0.2) is 78.9 Å². The molecule has 0 aliphatic rings. The van der Waals surface area contributed by atoms with Gasteiger partial charge in [-0.05, 0) is 31.2 Å². The number of aromatic nitrogens is 1. The molecule has 4 rings (SSSR count). The molecule has 0 fully saturated rings. The van der Waals surface area contributed by atoms with E-state index in [0.29, 0.717) is 32.6 Å². The number of ether oxygens (including phenoxy) is 1. The zero-order valence-corrected chi connectivity index (χ0v) is 17.9. The molecule has 0 spiro atoms. The SMILES string of the molecule is COc1ccc(C(=O)Nc2nc(-c3ccccc3)c(C(=O)c3ccc(C)cc3)s2)cc1. The van der Waals surface area contributed by atoms with E-state index in [1.165, 1.54) is 11.3 Å². The molecule has 31 heavy (non-hydrogen) atoms. The molecule has 154 valence electrons. The molecular weight excluding hydrogens is 408 g/mol. The van der Waals surface area contributed by atoms with Crippen LogP contribution in [0, 0.1) is 6.92 Å². The molecule has 6 heteroatoms. The lowest BCUT2D eigenvalue weighted by molar-refractivity contribution is 0.102. The summed E-state index contributed by atoms with van der Waals surface area (Å²) in [5.74, 6) is 0.245. The van der Waals surface area contributed by atoms with Crippen molar-refractivity contribution in [3.63, 3.8) is 0 Å². The van der Waals surface area contributed by atoms with Crippen molar-refractivity contribution < 1.29 is 14.3 Å². The Hall–Kier alpha value is -3.77. The summed E-state index contributed by atoms with van der Waals surface area (Å²) >= 11 is 1.17. The lowest BCUT2D eigenvalue weighted by Crippen LogP contribution is -2.11. The Labute approximate surface area is 184 Å². The predicted octanol–water partition coefficient (Wildman–Crippen LogP) is 5.61. The molecule has 1 aromatic heterocycles. The van der Waals surface area contributed by atoms with Gasteiger partial charge in [0, 0.05) is 16.7 Å². The van der Waals surface area contributed by atoms with Crippen LogP contribution in [-0.4, -0.2) is 23.8 Å². The van der Waals surface area contributed by atoms with E-state index in [1.54, 1.807) is 31.4 Å². The van der Waals surface area contributed by atoms with E-state index in [4.69, 9.17) is 4.74 Å². The molecule has 0 radical (unpaired) electrons. The van der Waals surface area contributed by atoms with Crippen LogP contribution in [0.5, 0.6) is 5.75 Å². The summed E-state index contributed by atoms with van der Waals surface area (Å²) in [5, 5.41) is 3.19. The molecule has 0 saturated carbocycles. The van der Waals surface area contributed by atoms with Crippen molar-refractivity contribution in [2.24, 2.45) is 0 Å². The lowest BCUT2D eigenvalue weighted by atomic mass is 10.0. The Morgan fingerprint density at radius 1 is 0.871 bits per heavy atom. The number of benzene rings is 3. The Kier molecular flexibility index (Phi) is 5.91. The largest absolute Gasteiger partial charge is 0.497 e. The minimum absolute atomic E-state index is 0.124. The number of aryl methyl sites for hydroxylation is 1. The van der Waals surface area contributed by atoms with Gasteiger partial charge >= 0.3 is 0 Å². The Balaban J connectivity index is 1.68. The first-order valence-electron chi connectivity index (χ1n) is 9.68. The van der Waals surface area contributed by atoms with Gasteiger partial charge in [0.25, 0.3) is 5.91 Å². The zero-order valence-electron chi connectivity index (χ0n) is 17.1. The molecule has 4 aromatic rings. The minimum atomic E-state index is -0.301. The standard InChI is InChI=1S/C25H20N2O3S/c1-16-8-10-18(11-9-16)22(28)23-21(17-6-4-3-5-7-17)26-25(31-23)27-24(29)19-12-14-20(30-2)15-13-19/h3-15H,1-2H3,(H,26,27,29). The van der Waals surface area contributed by atoms with E-state index in [9.17, 15) is 9.59 Å². The average Bonchev–Trinajstić information content (AvgIpc) is 3.23. The Bertz CT molecular complexity index is 1210. The van der Waals surface area contributed by atoms with Crippen molar-refractivity contribution in [2.45, 2.75) is 6.92 Å². The highest BCUT2D eigenvalue weighted by molar-refractivity contribution is 7.18. The molecule has 3 aromatic carbocycles. The maximum atomic E-state index is 13.2. The number of thiazole rings is 1. The first-order valence-corrected chi connectivity index (χ1v) is 10.5. The van der Waals surface area contributed by atoms with E-state index in [-0.39, 0.29) is 11.7 Å². The van der Waals surface area contributed by atoms with Gasteiger partial charge < -0.3 is 4.74 Å². The van der Waals surface area contributed by atoms with Gasteiger partial charge in [-0.1, -0.05) is 71.5 Å². The Morgan fingerprint density at radius 3 is 2.16 bits per heavy atom. The highest BCUT2D eigenvalue weighted by Gasteiger charge is 2.22. The fourth-order valence-electron chi connectivity index (χ4n) is 3.07. The molecule has 1 heterocycles. The number of anilines is 1. The summed E-state index contributed by atoms with van der Waals surface area (Å²) in [4.78, 5) is 31.0. The van der Waals surface area contributed by atoms with E-state index < -0.39 is 0 Å². The monoisotopic (exact) mass is 428 g/mol. The fourth-order valence-corrected chi connectivity index (χ4v) is 4.01. The van der Waals surface area contributed by atoms with Crippen LogP contribution >= 0.6 is 11.3 Å². The molecule has 5 nitrogen and oxygen atoms in total. The smallest absolute Gasteiger partial charge is 0.257 e. The number of hydrogen-bond donors (Lipinski definition) is 1. The third-order valence-corrected chi connectivity index (χ3v) is 5.74. The minimum Gasteiger partial charge on any atom is -0.497 e. The maximum Gasteiger partial charge on any atom is 0.257 e. The number of amides is 1. The average molecular weight is 429 g/mol. The van der Waals surface area contributed by atoms with E-state index in [0.717, 1.165) is 11.1 Å². The highest BCUT2D eigenvalue weighted by Crippen LogP contribution is 2.33. The summed E-state index contributed by atoms with van der Waals surface area (Å²) < 4.78 is 5.13. The molecule has 0 aliphatic heterocycles. The van der Waals surface area contributed by atoms with Gasteiger partial charge in [-0.15, -0.1) is 0 Å². The Morgan fingerprint density at radius 2 is 1.52 bits per heavy atom.